The minimum atomic E-state index is -1.17. The van der Waals surface area contributed by atoms with Gasteiger partial charge in [-0.2, -0.15) is 0 Å². The van der Waals surface area contributed by atoms with Gasteiger partial charge in [0.15, 0.2) is 11.9 Å². The van der Waals surface area contributed by atoms with Crippen molar-refractivity contribution in [1.82, 2.24) is 24.8 Å². The van der Waals surface area contributed by atoms with E-state index in [1.54, 1.807) is 16.8 Å². The maximum atomic E-state index is 13.2. The van der Waals surface area contributed by atoms with Gasteiger partial charge >= 0.3 is 6.03 Å². The van der Waals surface area contributed by atoms with Gasteiger partial charge in [0.05, 0.1) is 17.0 Å². The number of carbonyl (C=O) groups is 1. The van der Waals surface area contributed by atoms with Crippen molar-refractivity contribution in [2.75, 3.05) is 37.7 Å². The number of halogens is 2. The number of imidazole rings is 1. The number of fused-ring (bicyclic) bond motifs is 1. The second-order valence-corrected chi connectivity index (χ2v) is 8.80. The number of nitrogens with zero attached hydrogens (tertiary/aromatic N) is 4. The van der Waals surface area contributed by atoms with Crippen LogP contribution in [-0.2, 0) is 4.74 Å². The smallest absolute Gasteiger partial charge is 0.319 e. The van der Waals surface area contributed by atoms with Crippen LogP contribution in [0.3, 0.4) is 0 Å². The number of amides is 2. The van der Waals surface area contributed by atoms with Gasteiger partial charge in [0.2, 0.25) is 0 Å². The lowest BCUT2D eigenvalue weighted by atomic mass is 10.1. The second kappa shape index (κ2) is 10.7. The molecule has 11 nitrogen and oxygen atoms in total. The highest BCUT2D eigenvalue weighted by molar-refractivity contribution is 6.31. The molecule has 0 unspecified atom stereocenters. The first kappa shape index (κ1) is 25.1. The van der Waals surface area contributed by atoms with E-state index in [0.29, 0.717) is 48.6 Å². The van der Waals surface area contributed by atoms with Gasteiger partial charge in [-0.25, -0.2) is 19.2 Å². The molecular formula is C22H27ClFN7O4. The molecule has 1 aromatic carbocycles. The molecule has 0 spiro atoms. The zero-order chi connectivity index (χ0) is 25.1. The number of nitrogen functional groups attached to an aromatic ring is 1. The third-order valence-corrected chi connectivity index (χ3v) is 6.06. The Balaban J connectivity index is 1.23. The molecule has 0 aliphatic carbocycles. The largest absolute Gasteiger partial charge is 0.397 e. The van der Waals surface area contributed by atoms with E-state index >= 15 is 0 Å². The van der Waals surface area contributed by atoms with Crippen molar-refractivity contribution in [3.05, 3.63) is 47.6 Å². The van der Waals surface area contributed by atoms with E-state index in [4.69, 9.17) is 22.1 Å². The highest BCUT2D eigenvalue weighted by Crippen LogP contribution is 2.32. The Bertz CT molecular complexity index is 1200. The van der Waals surface area contributed by atoms with Gasteiger partial charge in [0, 0.05) is 25.0 Å². The Morgan fingerprint density at radius 1 is 1.31 bits per heavy atom. The van der Waals surface area contributed by atoms with Crippen molar-refractivity contribution in [2.45, 2.75) is 31.0 Å². The molecule has 0 radical (unpaired) electrons. The number of nitrogens with one attached hydrogen (secondary N) is 2. The summed E-state index contributed by atoms with van der Waals surface area (Å²) >= 11 is 5.71. The second-order valence-electron chi connectivity index (χ2n) is 8.40. The van der Waals surface area contributed by atoms with Crippen LogP contribution >= 0.6 is 11.6 Å². The molecule has 1 aliphatic heterocycles. The number of benzene rings is 1. The molecule has 6 N–H and O–H groups in total. The summed E-state index contributed by atoms with van der Waals surface area (Å²) < 4.78 is 20.7. The lowest BCUT2D eigenvalue weighted by molar-refractivity contribution is -0.0421. The number of aromatic nitrogens is 3. The summed E-state index contributed by atoms with van der Waals surface area (Å²) in [5, 5.41) is 26.4. The summed E-state index contributed by atoms with van der Waals surface area (Å²) in [7, 11) is 1.85. The Morgan fingerprint density at radius 2 is 2.11 bits per heavy atom. The van der Waals surface area contributed by atoms with Gasteiger partial charge in [-0.3, -0.25) is 4.57 Å². The molecule has 13 heteroatoms. The molecule has 2 aromatic heterocycles. The fraction of sp³-hybridized carbons (Fsp3) is 0.409. The van der Waals surface area contributed by atoms with Crippen molar-refractivity contribution in [3.8, 4) is 0 Å². The lowest BCUT2D eigenvalue weighted by Crippen LogP contribution is -2.39. The van der Waals surface area contributed by atoms with E-state index in [9.17, 15) is 19.4 Å². The molecule has 4 rings (SSSR count). The summed E-state index contributed by atoms with van der Waals surface area (Å²) in [5.41, 5.74) is 7.73. The molecular weight excluding hydrogens is 481 g/mol. The number of rotatable bonds is 8. The predicted molar refractivity (Wildman–Crippen MR) is 128 cm³/mol. The molecule has 1 fully saturated rings. The minimum absolute atomic E-state index is 0.0743. The zero-order valence-electron chi connectivity index (χ0n) is 18.9. The monoisotopic (exact) mass is 507 g/mol. The van der Waals surface area contributed by atoms with Crippen molar-refractivity contribution < 1.29 is 24.1 Å². The molecule has 35 heavy (non-hydrogen) atoms. The Kier molecular flexibility index (Phi) is 7.67. The number of hydrogen-bond donors (Lipinski definition) is 5. The van der Waals surface area contributed by atoms with Gasteiger partial charge in [-0.1, -0.05) is 11.6 Å². The third kappa shape index (κ3) is 5.63. The molecule has 3 aromatic rings. The number of pyridine rings is 1. The van der Waals surface area contributed by atoms with Crippen LogP contribution in [0.5, 0.6) is 0 Å². The topological polar surface area (TPSA) is 151 Å². The molecule has 1 aliphatic rings. The lowest BCUT2D eigenvalue weighted by Gasteiger charge is -2.22. The fourth-order valence-electron chi connectivity index (χ4n) is 3.95. The normalized spacial score (nSPS) is 22.1. The van der Waals surface area contributed by atoms with Crippen molar-refractivity contribution >= 4 is 40.2 Å². The van der Waals surface area contributed by atoms with Gasteiger partial charge in [-0.05, 0) is 44.3 Å². The third-order valence-electron chi connectivity index (χ3n) is 5.77. The number of urea groups is 1. The van der Waals surface area contributed by atoms with Crippen LogP contribution in [0.4, 0.5) is 20.6 Å². The van der Waals surface area contributed by atoms with E-state index in [1.165, 1.54) is 24.5 Å². The van der Waals surface area contributed by atoms with Gasteiger partial charge in [0.1, 0.15) is 29.6 Å². The number of aliphatic hydroxyl groups is 2. The summed E-state index contributed by atoms with van der Waals surface area (Å²) in [4.78, 5) is 22.4. The standard InChI is InChI=1S/C22H27ClFN7O4/c1-30(8-2-6-27-22(34)29-12-3-4-14(24)13(23)9-12)10-16-18(32)19(33)21(35-16)31-11-28-17-15(25)5-7-26-20(17)31/h3-5,7,9,11,16,18-19,21,32-33H,2,6,8,10H2,1H3,(H2,25,26)(H2,27,29,34)/t16-,18-,19-,21-/m1/s1. The first-order valence-corrected chi connectivity index (χ1v) is 11.4. The zero-order valence-corrected chi connectivity index (χ0v) is 19.7. The number of aliphatic hydroxyl groups excluding tert-OH is 2. The number of hydrogen-bond acceptors (Lipinski definition) is 8. The van der Waals surface area contributed by atoms with Crippen LogP contribution in [0.1, 0.15) is 12.6 Å². The van der Waals surface area contributed by atoms with Gasteiger partial charge in [-0.15, -0.1) is 0 Å². The number of carbonyl (C=O) groups excluding carboxylic acids is 1. The molecule has 188 valence electrons. The van der Waals surface area contributed by atoms with E-state index < -0.39 is 36.4 Å². The van der Waals surface area contributed by atoms with E-state index in [0.717, 1.165) is 0 Å². The molecule has 2 amide bonds. The van der Waals surface area contributed by atoms with E-state index in [2.05, 4.69) is 20.6 Å². The molecule has 3 heterocycles. The van der Waals surface area contributed by atoms with Gasteiger partial charge in [0.25, 0.3) is 0 Å². The Hall–Kier alpha value is -3.03. The van der Waals surface area contributed by atoms with Crippen molar-refractivity contribution in [3.63, 3.8) is 0 Å². The molecule has 4 atom stereocenters. The summed E-state index contributed by atoms with van der Waals surface area (Å²) in [6, 6.07) is 5.12. The number of anilines is 2. The maximum absolute atomic E-state index is 13.2. The summed E-state index contributed by atoms with van der Waals surface area (Å²) in [6.45, 7) is 1.35. The van der Waals surface area contributed by atoms with Crippen LogP contribution in [0, 0.1) is 5.82 Å². The number of nitrogens with two attached hydrogens (primary N) is 1. The first-order chi connectivity index (χ1) is 16.7. The Morgan fingerprint density at radius 3 is 2.89 bits per heavy atom. The van der Waals surface area contributed by atoms with Crippen LogP contribution in [0.25, 0.3) is 11.2 Å². The molecule has 0 saturated carbocycles. The van der Waals surface area contributed by atoms with Crippen LogP contribution in [-0.4, -0.2) is 80.7 Å². The Labute approximate surface area is 205 Å². The van der Waals surface area contributed by atoms with Crippen molar-refractivity contribution in [2.24, 2.45) is 0 Å². The van der Waals surface area contributed by atoms with E-state index in [1.807, 2.05) is 11.9 Å². The quantitative estimate of drug-likeness (QED) is 0.288. The maximum Gasteiger partial charge on any atom is 0.319 e. The minimum Gasteiger partial charge on any atom is -0.397 e. The SMILES string of the molecule is CN(CCCNC(=O)Nc1ccc(F)c(Cl)c1)C[C@H]1O[C@@H](n2cnc3c(N)ccnc32)[C@H](O)[C@@H]1O. The average molecular weight is 508 g/mol. The summed E-state index contributed by atoms with van der Waals surface area (Å²) in [5.74, 6) is -0.560. The number of ether oxygens (including phenoxy) is 1. The first-order valence-electron chi connectivity index (χ1n) is 11.0. The summed E-state index contributed by atoms with van der Waals surface area (Å²) in [6.07, 6.45) is -0.116. The van der Waals surface area contributed by atoms with E-state index in [-0.39, 0.29) is 5.02 Å². The average Bonchev–Trinajstić information content (AvgIpc) is 3.37. The van der Waals surface area contributed by atoms with Crippen LogP contribution in [0.2, 0.25) is 5.02 Å². The van der Waals surface area contributed by atoms with Crippen LogP contribution < -0.4 is 16.4 Å². The predicted octanol–water partition coefficient (Wildman–Crippen LogP) is 1.57. The van der Waals surface area contributed by atoms with Gasteiger partial charge < -0.3 is 36.2 Å². The highest BCUT2D eigenvalue weighted by atomic mass is 35.5. The van der Waals surface area contributed by atoms with Crippen molar-refractivity contribution in [1.29, 1.82) is 0 Å². The number of likely N-dealkylation sites (N-methyl/N-ethyl adjacent to an activating group) is 1. The molecule has 0 bridgehead atoms. The fourth-order valence-corrected chi connectivity index (χ4v) is 4.13. The highest BCUT2D eigenvalue weighted by Gasteiger charge is 2.44. The molecule has 1 saturated heterocycles. The van der Waals surface area contributed by atoms with Crippen LogP contribution in [0.15, 0.2) is 36.8 Å².